The Morgan fingerprint density at radius 2 is 1.92 bits per heavy atom. The highest BCUT2D eigenvalue weighted by molar-refractivity contribution is 7.89. The molecule has 0 unspecified atom stereocenters. The van der Waals surface area contributed by atoms with Crippen molar-refractivity contribution in [1.29, 1.82) is 0 Å². The first-order chi connectivity index (χ1) is 17.4. The predicted octanol–water partition coefficient (Wildman–Crippen LogP) is 4.22. The summed E-state index contributed by atoms with van der Waals surface area (Å²) in [6, 6.07) is 12.7. The van der Waals surface area contributed by atoms with Crippen molar-refractivity contribution in [1.82, 2.24) is 8.87 Å². The van der Waals surface area contributed by atoms with Gasteiger partial charge in [-0.05, 0) is 67.6 Å². The Labute approximate surface area is 216 Å². The molecule has 0 N–H and O–H groups in total. The van der Waals surface area contributed by atoms with Crippen molar-refractivity contribution in [2.24, 2.45) is 10.9 Å². The summed E-state index contributed by atoms with van der Waals surface area (Å²) < 4.78 is 35.6. The summed E-state index contributed by atoms with van der Waals surface area (Å²) in [4.78, 5) is 18.4. The lowest BCUT2D eigenvalue weighted by Crippen LogP contribution is -2.40. The summed E-state index contributed by atoms with van der Waals surface area (Å²) in [7, 11) is -2.09. The molecule has 7 nitrogen and oxygen atoms in total. The molecule has 1 aliphatic heterocycles. The molecule has 0 atom stereocenters. The van der Waals surface area contributed by atoms with Gasteiger partial charge < -0.3 is 9.30 Å². The molecule has 3 aromatic rings. The molecule has 190 valence electrons. The van der Waals surface area contributed by atoms with Crippen molar-refractivity contribution in [2.45, 2.75) is 50.5 Å². The number of hydrogen-bond donors (Lipinski definition) is 0. The molecule has 1 saturated heterocycles. The van der Waals surface area contributed by atoms with Gasteiger partial charge in [0, 0.05) is 19.0 Å². The van der Waals surface area contributed by atoms with Gasteiger partial charge in [-0.15, -0.1) is 6.42 Å². The lowest BCUT2D eigenvalue weighted by molar-refractivity contribution is -0.122. The first-order valence-electron chi connectivity index (χ1n) is 12.2. The zero-order valence-electron chi connectivity index (χ0n) is 20.6. The third kappa shape index (κ3) is 5.56. The monoisotopic (exact) mass is 525 g/mol. The number of fused-ring (bicyclic) bond motifs is 1. The van der Waals surface area contributed by atoms with Crippen LogP contribution in [0.15, 0.2) is 52.4 Å². The van der Waals surface area contributed by atoms with E-state index in [-0.39, 0.29) is 29.8 Å². The number of thiazole rings is 1. The maximum Gasteiger partial charge on any atom is 0.251 e. The Kier molecular flexibility index (Phi) is 8.29. The van der Waals surface area contributed by atoms with Crippen molar-refractivity contribution in [3.8, 4) is 18.1 Å². The van der Waals surface area contributed by atoms with E-state index in [1.165, 1.54) is 28.3 Å². The number of aryl methyl sites for hydroxylation is 1. The van der Waals surface area contributed by atoms with Gasteiger partial charge in [0.1, 0.15) is 5.75 Å². The number of hydrogen-bond acceptors (Lipinski definition) is 5. The van der Waals surface area contributed by atoms with E-state index in [1.54, 1.807) is 24.3 Å². The molecule has 0 saturated carbocycles. The number of rotatable bonds is 8. The molecule has 2 aromatic carbocycles. The van der Waals surface area contributed by atoms with E-state index < -0.39 is 10.0 Å². The lowest BCUT2D eigenvalue weighted by Gasteiger charge is -2.29. The summed E-state index contributed by atoms with van der Waals surface area (Å²) in [5, 5.41) is 0. The SMILES string of the molecule is C#CCn1c(=NC(=O)C2CCN(S(=O)(=O)c3ccc(OC)cc3)CC2)sc2cc(CCCC)ccc21. The maximum absolute atomic E-state index is 13.1. The molecule has 1 aliphatic rings. The Balaban J connectivity index is 1.51. The summed E-state index contributed by atoms with van der Waals surface area (Å²) in [6.07, 6.45) is 9.75. The Hall–Kier alpha value is -2.93. The number of sulfonamides is 1. The molecule has 0 radical (unpaired) electrons. The molecular formula is C27H31N3O4S2. The number of terminal acetylenes is 1. The fourth-order valence-electron chi connectivity index (χ4n) is 4.41. The van der Waals surface area contributed by atoms with E-state index in [4.69, 9.17) is 11.2 Å². The predicted molar refractivity (Wildman–Crippen MR) is 142 cm³/mol. The summed E-state index contributed by atoms with van der Waals surface area (Å²) in [5.74, 6) is 2.72. The maximum atomic E-state index is 13.1. The van der Waals surface area contributed by atoms with E-state index >= 15 is 0 Å². The zero-order valence-corrected chi connectivity index (χ0v) is 22.3. The van der Waals surface area contributed by atoms with E-state index in [2.05, 4.69) is 36.0 Å². The quantitative estimate of drug-likeness (QED) is 0.413. The van der Waals surface area contributed by atoms with E-state index in [1.807, 2.05) is 4.57 Å². The number of amides is 1. The molecule has 1 amide bonds. The first kappa shape index (κ1) is 26.1. The van der Waals surface area contributed by atoms with Crippen molar-refractivity contribution < 1.29 is 17.9 Å². The van der Waals surface area contributed by atoms with Crippen LogP contribution in [-0.4, -0.2) is 43.4 Å². The second-order valence-electron chi connectivity index (χ2n) is 8.88. The molecule has 1 aromatic heterocycles. The van der Waals surface area contributed by atoms with Crippen LogP contribution in [0.3, 0.4) is 0 Å². The molecule has 1 fully saturated rings. The normalized spacial score (nSPS) is 15.8. The Morgan fingerprint density at radius 3 is 2.56 bits per heavy atom. The highest BCUT2D eigenvalue weighted by atomic mass is 32.2. The third-order valence-corrected chi connectivity index (χ3v) is 9.48. The highest BCUT2D eigenvalue weighted by Crippen LogP contribution is 2.26. The minimum Gasteiger partial charge on any atom is -0.497 e. The van der Waals surface area contributed by atoms with Gasteiger partial charge in [-0.25, -0.2) is 8.42 Å². The van der Waals surface area contributed by atoms with Gasteiger partial charge in [0.15, 0.2) is 4.80 Å². The molecule has 36 heavy (non-hydrogen) atoms. The third-order valence-electron chi connectivity index (χ3n) is 6.52. The summed E-state index contributed by atoms with van der Waals surface area (Å²) in [5.41, 5.74) is 2.24. The van der Waals surface area contributed by atoms with Gasteiger partial charge in [0.25, 0.3) is 5.91 Å². The standard InChI is InChI=1S/C27H31N3O4S2/c1-4-6-7-20-8-13-24-25(19-20)35-27(30(24)16-5-2)28-26(31)21-14-17-29(18-15-21)36(32,33)23-11-9-22(34-3)10-12-23/h2,8-13,19,21H,4,6-7,14-18H2,1,3H3. The van der Waals surface area contributed by atoms with Crippen LogP contribution >= 0.6 is 11.3 Å². The molecule has 2 heterocycles. The first-order valence-corrected chi connectivity index (χ1v) is 14.4. The van der Waals surface area contributed by atoms with Crippen LogP contribution in [0.5, 0.6) is 5.75 Å². The zero-order chi connectivity index (χ0) is 25.7. The minimum absolute atomic E-state index is 0.219. The fourth-order valence-corrected chi connectivity index (χ4v) is 6.98. The second-order valence-corrected chi connectivity index (χ2v) is 11.8. The fraction of sp³-hybridized carbons (Fsp3) is 0.407. The molecular weight excluding hydrogens is 494 g/mol. The van der Waals surface area contributed by atoms with Crippen LogP contribution in [0.2, 0.25) is 0 Å². The number of ether oxygens (including phenoxy) is 1. The van der Waals surface area contributed by atoms with Crippen LogP contribution in [-0.2, 0) is 27.8 Å². The largest absolute Gasteiger partial charge is 0.497 e. The van der Waals surface area contributed by atoms with Crippen LogP contribution in [0.1, 0.15) is 38.2 Å². The van der Waals surface area contributed by atoms with Crippen LogP contribution in [0, 0.1) is 18.3 Å². The van der Waals surface area contributed by atoms with Crippen LogP contribution < -0.4 is 9.54 Å². The van der Waals surface area contributed by atoms with Crippen molar-refractivity contribution >= 4 is 37.5 Å². The average Bonchev–Trinajstić information content (AvgIpc) is 3.23. The van der Waals surface area contributed by atoms with Gasteiger partial charge in [0.05, 0.1) is 28.8 Å². The topological polar surface area (TPSA) is 81.0 Å². The second kappa shape index (κ2) is 11.4. The van der Waals surface area contributed by atoms with Gasteiger partial charge in [-0.2, -0.15) is 9.30 Å². The molecule has 0 aliphatic carbocycles. The smallest absolute Gasteiger partial charge is 0.251 e. The Bertz CT molecular complexity index is 1440. The van der Waals surface area contributed by atoms with Crippen molar-refractivity contribution in [3.63, 3.8) is 0 Å². The van der Waals surface area contributed by atoms with Crippen LogP contribution in [0.4, 0.5) is 0 Å². The number of carbonyl (C=O) groups excluding carboxylic acids is 1. The lowest BCUT2D eigenvalue weighted by atomic mass is 9.98. The van der Waals surface area contributed by atoms with E-state index in [0.717, 1.165) is 29.5 Å². The van der Waals surface area contributed by atoms with Gasteiger partial charge in [-0.1, -0.05) is 36.7 Å². The number of aromatic nitrogens is 1. The molecule has 9 heteroatoms. The number of methoxy groups -OCH3 is 1. The molecule has 0 spiro atoms. The van der Waals surface area contributed by atoms with Gasteiger partial charge >= 0.3 is 0 Å². The molecule has 0 bridgehead atoms. The molecule has 4 rings (SSSR count). The van der Waals surface area contributed by atoms with E-state index in [0.29, 0.717) is 29.9 Å². The van der Waals surface area contributed by atoms with Gasteiger partial charge in [0.2, 0.25) is 10.0 Å². The van der Waals surface area contributed by atoms with E-state index in [9.17, 15) is 13.2 Å². The average molecular weight is 526 g/mol. The highest BCUT2D eigenvalue weighted by Gasteiger charge is 2.32. The Morgan fingerprint density at radius 1 is 1.19 bits per heavy atom. The number of nitrogens with zero attached hydrogens (tertiary/aromatic N) is 3. The number of unbranched alkanes of at least 4 members (excludes halogenated alkanes) is 1. The van der Waals surface area contributed by atoms with Crippen LogP contribution in [0.25, 0.3) is 10.2 Å². The van der Waals surface area contributed by atoms with Gasteiger partial charge in [-0.3, -0.25) is 4.79 Å². The number of benzene rings is 2. The number of carbonyl (C=O) groups is 1. The summed E-state index contributed by atoms with van der Waals surface area (Å²) in [6.45, 7) is 3.06. The summed E-state index contributed by atoms with van der Waals surface area (Å²) >= 11 is 1.47. The van der Waals surface area contributed by atoms with Crippen molar-refractivity contribution in [3.05, 3.63) is 52.8 Å². The minimum atomic E-state index is -3.63. The number of piperidine rings is 1. The van der Waals surface area contributed by atoms with Crippen molar-refractivity contribution in [2.75, 3.05) is 20.2 Å².